The maximum absolute atomic E-state index is 9.61. The molecule has 1 aromatic carbocycles. The zero-order valence-corrected chi connectivity index (χ0v) is 10.1. The fourth-order valence-corrected chi connectivity index (χ4v) is 2.65. The number of aliphatic imine (C=N–C) groups is 1. The van der Waals surface area contributed by atoms with Crippen molar-refractivity contribution in [1.29, 1.82) is 0 Å². The first kappa shape index (κ1) is 11.1. The third kappa shape index (κ3) is 2.17. The van der Waals surface area contributed by atoms with Crippen molar-refractivity contribution in [3.8, 4) is 0 Å². The molecular weight excluding hydrogens is 238 g/mol. The van der Waals surface area contributed by atoms with Crippen molar-refractivity contribution in [3.05, 3.63) is 34.9 Å². The van der Waals surface area contributed by atoms with Gasteiger partial charge in [0.15, 0.2) is 0 Å². The summed E-state index contributed by atoms with van der Waals surface area (Å²) in [5.74, 6) is 0.664. The van der Waals surface area contributed by atoms with E-state index >= 15 is 0 Å². The molecule has 0 saturated heterocycles. The predicted molar refractivity (Wildman–Crippen MR) is 66.5 cm³/mol. The number of aliphatic hydroxyl groups is 1. The molecule has 0 spiro atoms. The van der Waals surface area contributed by atoms with Crippen LogP contribution in [0.2, 0.25) is 5.02 Å². The van der Waals surface area contributed by atoms with Gasteiger partial charge in [0, 0.05) is 17.0 Å². The van der Waals surface area contributed by atoms with Gasteiger partial charge in [0.25, 0.3) is 0 Å². The maximum Gasteiger partial charge on any atom is 0.216 e. The number of ether oxygens (including phenoxy) is 1. The summed E-state index contributed by atoms with van der Waals surface area (Å²) in [6, 6.07) is 7.72. The first-order valence-electron chi connectivity index (χ1n) is 5.91. The summed E-state index contributed by atoms with van der Waals surface area (Å²) < 4.78 is 5.81. The molecule has 3 atom stereocenters. The van der Waals surface area contributed by atoms with Crippen LogP contribution in [0.25, 0.3) is 0 Å². The summed E-state index contributed by atoms with van der Waals surface area (Å²) in [4.78, 5) is 4.58. The van der Waals surface area contributed by atoms with E-state index in [4.69, 9.17) is 16.3 Å². The van der Waals surface area contributed by atoms with Crippen molar-refractivity contribution >= 4 is 17.5 Å². The number of hydrogen-bond acceptors (Lipinski definition) is 3. The molecule has 0 aromatic heterocycles. The van der Waals surface area contributed by atoms with E-state index in [0.29, 0.717) is 17.3 Å². The second kappa shape index (κ2) is 4.31. The minimum Gasteiger partial charge on any atom is -0.472 e. The number of aliphatic hydroxyl groups excluding tert-OH is 1. The third-order valence-electron chi connectivity index (χ3n) is 3.35. The van der Waals surface area contributed by atoms with E-state index in [1.165, 1.54) is 0 Å². The molecule has 1 saturated carbocycles. The van der Waals surface area contributed by atoms with Crippen LogP contribution in [0.1, 0.15) is 24.8 Å². The van der Waals surface area contributed by atoms with Gasteiger partial charge in [-0.25, -0.2) is 4.99 Å². The molecule has 1 aliphatic heterocycles. The van der Waals surface area contributed by atoms with Crippen molar-refractivity contribution in [2.45, 2.75) is 37.5 Å². The van der Waals surface area contributed by atoms with Crippen LogP contribution in [-0.4, -0.2) is 29.3 Å². The number of rotatable bonds is 1. The van der Waals surface area contributed by atoms with Crippen LogP contribution in [-0.2, 0) is 4.74 Å². The Balaban J connectivity index is 1.82. The van der Waals surface area contributed by atoms with Gasteiger partial charge in [-0.15, -0.1) is 0 Å². The topological polar surface area (TPSA) is 41.8 Å². The molecule has 3 nitrogen and oxygen atoms in total. The first-order valence-corrected chi connectivity index (χ1v) is 6.28. The minimum absolute atomic E-state index is 0.0349. The van der Waals surface area contributed by atoms with Gasteiger partial charge in [-0.3, -0.25) is 0 Å². The molecule has 1 heterocycles. The molecule has 0 amide bonds. The fraction of sp³-hybridized carbons (Fsp3) is 0.462. The molecule has 17 heavy (non-hydrogen) atoms. The van der Waals surface area contributed by atoms with Crippen LogP contribution >= 0.6 is 11.6 Å². The predicted octanol–water partition coefficient (Wildman–Crippen LogP) is 2.40. The van der Waals surface area contributed by atoms with Gasteiger partial charge in [-0.1, -0.05) is 17.7 Å². The minimum atomic E-state index is -0.245. The Bertz CT molecular complexity index is 460. The van der Waals surface area contributed by atoms with Crippen molar-refractivity contribution < 1.29 is 9.84 Å². The number of fused-ring (bicyclic) bond motifs is 1. The van der Waals surface area contributed by atoms with Crippen molar-refractivity contribution in [2.75, 3.05) is 0 Å². The van der Waals surface area contributed by atoms with E-state index in [0.717, 1.165) is 18.4 Å². The quantitative estimate of drug-likeness (QED) is 0.833. The van der Waals surface area contributed by atoms with Crippen LogP contribution in [0, 0.1) is 0 Å². The lowest BCUT2D eigenvalue weighted by Crippen LogP contribution is -2.33. The van der Waals surface area contributed by atoms with Gasteiger partial charge in [0.2, 0.25) is 5.90 Å². The number of halogens is 1. The summed E-state index contributed by atoms with van der Waals surface area (Å²) in [5, 5.41) is 10.3. The Morgan fingerprint density at radius 1 is 1.35 bits per heavy atom. The standard InChI is InChI=1S/C13H14ClNO2/c14-9-3-1-2-8(6-9)13-15-11-5-4-10(16)7-12(11)17-13/h1-3,6,10-12,16H,4-5,7H2. The molecule has 0 radical (unpaired) electrons. The molecule has 3 rings (SSSR count). The number of hydrogen-bond donors (Lipinski definition) is 1. The van der Waals surface area contributed by atoms with Crippen molar-refractivity contribution in [2.24, 2.45) is 4.99 Å². The smallest absolute Gasteiger partial charge is 0.216 e. The summed E-state index contributed by atoms with van der Waals surface area (Å²) in [7, 11) is 0. The number of benzene rings is 1. The summed E-state index contributed by atoms with van der Waals surface area (Å²) in [5.41, 5.74) is 0.918. The van der Waals surface area contributed by atoms with Crippen LogP contribution < -0.4 is 0 Å². The molecule has 1 aromatic rings. The zero-order chi connectivity index (χ0) is 11.8. The van der Waals surface area contributed by atoms with Crippen LogP contribution in [0.5, 0.6) is 0 Å². The Morgan fingerprint density at radius 2 is 2.24 bits per heavy atom. The largest absolute Gasteiger partial charge is 0.472 e. The Kier molecular flexibility index (Phi) is 2.81. The average Bonchev–Trinajstić information content (AvgIpc) is 2.72. The lowest BCUT2D eigenvalue weighted by molar-refractivity contribution is 0.0507. The van der Waals surface area contributed by atoms with Crippen LogP contribution in [0.3, 0.4) is 0 Å². The van der Waals surface area contributed by atoms with Gasteiger partial charge in [-0.05, 0) is 31.0 Å². The zero-order valence-electron chi connectivity index (χ0n) is 9.34. The average molecular weight is 252 g/mol. The lowest BCUT2D eigenvalue weighted by Gasteiger charge is -2.26. The Hall–Kier alpha value is -1.06. The van der Waals surface area contributed by atoms with Gasteiger partial charge in [0.1, 0.15) is 6.10 Å². The molecule has 90 valence electrons. The molecule has 0 bridgehead atoms. The van der Waals surface area contributed by atoms with E-state index in [1.807, 2.05) is 24.3 Å². The molecular formula is C13H14ClNO2. The summed E-state index contributed by atoms with van der Waals surface area (Å²) in [6.07, 6.45) is 2.18. The number of nitrogens with zero attached hydrogens (tertiary/aromatic N) is 1. The summed E-state index contributed by atoms with van der Waals surface area (Å²) in [6.45, 7) is 0. The maximum atomic E-state index is 9.61. The summed E-state index contributed by atoms with van der Waals surface area (Å²) >= 11 is 5.95. The second-order valence-electron chi connectivity index (χ2n) is 4.64. The fourth-order valence-electron chi connectivity index (χ4n) is 2.45. The highest BCUT2D eigenvalue weighted by Gasteiger charge is 2.36. The van der Waals surface area contributed by atoms with Gasteiger partial charge in [-0.2, -0.15) is 0 Å². The van der Waals surface area contributed by atoms with Crippen LogP contribution in [0.4, 0.5) is 0 Å². The third-order valence-corrected chi connectivity index (χ3v) is 3.58. The first-order chi connectivity index (χ1) is 8.22. The monoisotopic (exact) mass is 251 g/mol. The van der Waals surface area contributed by atoms with Crippen LogP contribution in [0.15, 0.2) is 29.3 Å². The highest BCUT2D eigenvalue weighted by atomic mass is 35.5. The van der Waals surface area contributed by atoms with Crippen molar-refractivity contribution in [3.63, 3.8) is 0 Å². The normalized spacial score (nSPS) is 31.6. The lowest BCUT2D eigenvalue weighted by atomic mass is 9.91. The Morgan fingerprint density at radius 3 is 3.06 bits per heavy atom. The second-order valence-corrected chi connectivity index (χ2v) is 5.07. The van der Waals surface area contributed by atoms with E-state index in [9.17, 15) is 5.11 Å². The highest BCUT2D eigenvalue weighted by molar-refractivity contribution is 6.30. The highest BCUT2D eigenvalue weighted by Crippen LogP contribution is 2.30. The van der Waals surface area contributed by atoms with Crippen molar-refractivity contribution in [1.82, 2.24) is 0 Å². The van der Waals surface area contributed by atoms with E-state index in [-0.39, 0.29) is 18.2 Å². The molecule has 2 aliphatic rings. The van der Waals surface area contributed by atoms with E-state index in [1.54, 1.807) is 0 Å². The molecule has 4 heteroatoms. The van der Waals surface area contributed by atoms with E-state index < -0.39 is 0 Å². The van der Waals surface area contributed by atoms with Gasteiger partial charge >= 0.3 is 0 Å². The molecule has 1 N–H and O–H groups in total. The van der Waals surface area contributed by atoms with E-state index in [2.05, 4.69) is 4.99 Å². The Labute approximate surface area is 105 Å². The molecule has 1 aliphatic carbocycles. The molecule has 1 fully saturated rings. The van der Waals surface area contributed by atoms with Gasteiger partial charge in [0.05, 0.1) is 12.1 Å². The SMILES string of the molecule is OC1CCC2N=C(c3cccc(Cl)c3)OC2C1. The molecule has 3 unspecified atom stereocenters. The van der Waals surface area contributed by atoms with Gasteiger partial charge < -0.3 is 9.84 Å².